The lowest BCUT2D eigenvalue weighted by atomic mass is 9.82. The van der Waals surface area contributed by atoms with Crippen LogP contribution in [0, 0.1) is 17.8 Å². The molecule has 0 bridgehead atoms. The number of aromatic nitrogens is 2. The molecule has 4 N–H and O–H groups in total. The van der Waals surface area contributed by atoms with Gasteiger partial charge in [-0.3, -0.25) is 24.5 Å². The molecule has 16 nitrogen and oxygen atoms in total. The van der Waals surface area contributed by atoms with Crippen molar-refractivity contribution in [2.45, 2.75) is 102 Å². The Morgan fingerprint density at radius 1 is 0.729 bits per heavy atom. The van der Waals surface area contributed by atoms with Crippen LogP contribution in [-0.4, -0.2) is 130 Å². The number of primary amides is 1. The quantitative estimate of drug-likeness (QED) is 0.142. The van der Waals surface area contributed by atoms with E-state index in [1.807, 2.05) is 66.7 Å². The normalized spacial score (nSPS) is 23.2. The number of fused-ring (bicyclic) bond motifs is 2. The second-order valence-electron chi connectivity index (χ2n) is 20.8. The van der Waals surface area contributed by atoms with E-state index in [1.165, 1.54) is 6.42 Å². The van der Waals surface area contributed by atoms with E-state index < -0.39 is 11.9 Å². The van der Waals surface area contributed by atoms with E-state index in [0.29, 0.717) is 59.3 Å². The Labute approximate surface area is 409 Å². The zero-order valence-corrected chi connectivity index (χ0v) is 40.1. The van der Waals surface area contributed by atoms with Crippen molar-refractivity contribution in [2.24, 2.45) is 23.5 Å². The van der Waals surface area contributed by atoms with Crippen LogP contribution in [0.5, 0.6) is 11.5 Å². The first-order valence-corrected chi connectivity index (χ1v) is 25.9. The van der Waals surface area contributed by atoms with Gasteiger partial charge in [-0.15, -0.1) is 0 Å². The highest BCUT2D eigenvalue weighted by atomic mass is 16.5. The minimum atomic E-state index is -0.600. The maximum atomic E-state index is 13.8. The summed E-state index contributed by atoms with van der Waals surface area (Å²) in [7, 11) is 0. The maximum absolute atomic E-state index is 13.8. The first-order chi connectivity index (χ1) is 34.1. The van der Waals surface area contributed by atoms with E-state index in [1.54, 1.807) is 4.90 Å². The predicted octanol–water partition coefficient (Wildman–Crippen LogP) is 6.87. The number of amides is 6. The first-order valence-electron chi connectivity index (χ1n) is 25.9. The number of benzene rings is 3. The van der Waals surface area contributed by atoms with E-state index in [-0.39, 0.29) is 36.2 Å². The Balaban J connectivity index is 0.610. The topological polar surface area (TPSA) is 179 Å². The zero-order valence-electron chi connectivity index (χ0n) is 40.1. The van der Waals surface area contributed by atoms with Gasteiger partial charge in [0, 0.05) is 81.6 Å². The van der Waals surface area contributed by atoms with Crippen LogP contribution >= 0.6 is 0 Å². The van der Waals surface area contributed by atoms with Crippen LogP contribution in [0.25, 0.3) is 11.3 Å². The lowest BCUT2D eigenvalue weighted by Crippen LogP contribution is -2.53. The number of ether oxygens (including phenoxy) is 1. The number of nitrogens with one attached hydrogen (secondary N) is 2. The number of urea groups is 1. The third kappa shape index (κ3) is 9.34. The summed E-state index contributed by atoms with van der Waals surface area (Å²) in [5, 5.41) is 10.9. The summed E-state index contributed by atoms with van der Waals surface area (Å²) < 4.78 is 8.06. The predicted molar refractivity (Wildman–Crippen MR) is 265 cm³/mol. The van der Waals surface area contributed by atoms with Crippen molar-refractivity contribution in [1.82, 2.24) is 34.7 Å². The van der Waals surface area contributed by atoms with Crippen LogP contribution in [0.2, 0.25) is 0 Å². The number of rotatable bonds is 10. The highest BCUT2D eigenvalue weighted by Gasteiger charge is 2.41. The second-order valence-corrected chi connectivity index (χ2v) is 20.8. The number of hydrogen-bond acceptors (Lipinski definition) is 10. The fourth-order valence-corrected chi connectivity index (χ4v) is 12.8. The van der Waals surface area contributed by atoms with Gasteiger partial charge in [-0.25, -0.2) is 9.48 Å². The summed E-state index contributed by atoms with van der Waals surface area (Å²) in [4.78, 5) is 75.1. The average molecular weight is 951 g/mol. The highest BCUT2D eigenvalue weighted by molar-refractivity contribution is 6.06. The zero-order chi connectivity index (χ0) is 47.9. The maximum Gasteiger partial charge on any atom is 0.319 e. The third-order valence-corrected chi connectivity index (χ3v) is 16.7. The lowest BCUT2D eigenvalue weighted by Gasteiger charge is -2.44. The molecule has 11 rings (SSSR count). The molecule has 1 aromatic heterocycles. The number of nitrogens with zero attached hydrogens (tertiary/aromatic N) is 7. The number of hydrogen-bond donors (Lipinski definition) is 3. The number of imide groups is 1. The first kappa shape index (κ1) is 46.0. The standard InChI is InChI=1S/C54H66N10O6/c55-50(66)48-49(38-6-9-43(10-7-38)70-42-4-2-1-3-5-42)58-64-45(14-23-56-51(48)64)37-19-28-59(29-20-37)40-21-30-62(31-22-40)54(69)61-26-17-36(18-27-61)32-35-15-24-60(25-16-35)41-8-11-44-39(33-41)34-63(53(44)68)46-12-13-47(65)57-52(46)67/h1-11,33,35-37,40,45-46,56H,12-32,34H2,(H2,55,66)(H,57,65,67). The van der Waals surface area contributed by atoms with Crippen molar-refractivity contribution < 1.29 is 28.7 Å². The number of carbonyl (C=O) groups is 5. The van der Waals surface area contributed by atoms with E-state index in [0.717, 1.165) is 145 Å². The van der Waals surface area contributed by atoms with E-state index >= 15 is 0 Å². The summed E-state index contributed by atoms with van der Waals surface area (Å²) in [6.45, 7) is 8.47. The van der Waals surface area contributed by atoms with Gasteiger partial charge in [0.05, 0.1) is 6.04 Å². The van der Waals surface area contributed by atoms with E-state index in [9.17, 15) is 24.0 Å². The Kier molecular flexibility index (Phi) is 13.0. The second kappa shape index (κ2) is 19.8. The Hall–Kier alpha value is -6.42. The number of likely N-dealkylation sites (tertiary alicyclic amines) is 3. The SMILES string of the molecule is NC(=O)c1c(-c2ccc(Oc3ccccc3)cc2)nn2c1NCCC2C1CCN(C2CCN(C(=O)N3CCC(CC4CCN(c5ccc6c(c5)CN(C5CCC(=O)NC5=O)C6=O)CC4)CC3)CC2)CC1. The van der Waals surface area contributed by atoms with Gasteiger partial charge in [-0.05, 0) is 162 Å². The van der Waals surface area contributed by atoms with Gasteiger partial charge in [0.2, 0.25) is 11.8 Å². The molecule has 0 saturated carbocycles. The Morgan fingerprint density at radius 2 is 1.40 bits per heavy atom. The van der Waals surface area contributed by atoms with Gasteiger partial charge in [0.15, 0.2) is 0 Å². The average Bonchev–Trinajstić information content (AvgIpc) is 3.95. The van der Waals surface area contributed by atoms with E-state index in [4.69, 9.17) is 15.6 Å². The fourth-order valence-electron chi connectivity index (χ4n) is 12.8. The molecule has 368 valence electrons. The molecular formula is C54H66N10O6. The molecule has 0 aliphatic carbocycles. The molecule has 3 aromatic carbocycles. The third-order valence-electron chi connectivity index (χ3n) is 16.7. The lowest BCUT2D eigenvalue weighted by molar-refractivity contribution is -0.136. The Morgan fingerprint density at radius 3 is 2.09 bits per heavy atom. The van der Waals surface area contributed by atoms with Crippen molar-refractivity contribution >= 4 is 41.2 Å². The molecule has 4 aromatic rings. The van der Waals surface area contributed by atoms with Gasteiger partial charge < -0.3 is 40.3 Å². The molecule has 2 unspecified atom stereocenters. The van der Waals surface area contributed by atoms with Gasteiger partial charge in [-0.2, -0.15) is 5.10 Å². The van der Waals surface area contributed by atoms with Crippen molar-refractivity contribution in [3.63, 3.8) is 0 Å². The number of carbonyl (C=O) groups excluding carboxylic acids is 5. The smallest absolute Gasteiger partial charge is 0.319 e. The molecule has 0 radical (unpaired) electrons. The molecule has 2 atom stereocenters. The number of piperidine rings is 5. The van der Waals surface area contributed by atoms with Gasteiger partial charge in [-0.1, -0.05) is 18.2 Å². The molecule has 0 spiro atoms. The molecule has 5 saturated heterocycles. The number of anilines is 2. The Bertz CT molecular complexity index is 2590. The number of para-hydroxylation sites is 1. The van der Waals surface area contributed by atoms with Crippen molar-refractivity contribution in [2.75, 3.05) is 69.1 Å². The van der Waals surface area contributed by atoms with Crippen LogP contribution < -0.4 is 26.0 Å². The van der Waals surface area contributed by atoms with Crippen LogP contribution in [0.4, 0.5) is 16.3 Å². The van der Waals surface area contributed by atoms with E-state index in [2.05, 4.69) is 41.0 Å². The summed E-state index contributed by atoms with van der Waals surface area (Å²) in [6.07, 6.45) is 11.3. The molecule has 7 aliphatic heterocycles. The minimum absolute atomic E-state index is 0.132. The minimum Gasteiger partial charge on any atom is -0.457 e. The number of nitrogens with two attached hydrogens (primary N) is 1. The van der Waals surface area contributed by atoms with Crippen molar-refractivity contribution in [3.05, 3.63) is 89.5 Å². The molecule has 6 amide bonds. The summed E-state index contributed by atoms with van der Waals surface area (Å²) in [5.41, 5.74) is 10.6. The highest BCUT2D eigenvalue weighted by Crippen LogP contribution is 2.41. The summed E-state index contributed by atoms with van der Waals surface area (Å²) in [5.74, 6) is 2.68. The molecule has 7 aliphatic rings. The van der Waals surface area contributed by atoms with Gasteiger partial charge in [0.25, 0.3) is 11.8 Å². The van der Waals surface area contributed by atoms with Crippen molar-refractivity contribution in [3.8, 4) is 22.8 Å². The summed E-state index contributed by atoms with van der Waals surface area (Å²) >= 11 is 0. The molecule has 8 heterocycles. The molecule has 5 fully saturated rings. The van der Waals surface area contributed by atoms with Gasteiger partial charge >= 0.3 is 6.03 Å². The van der Waals surface area contributed by atoms with Crippen LogP contribution in [0.3, 0.4) is 0 Å². The van der Waals surface area contributed by atoms with Gasteiger partial charge in [0.1, 0.15) is 34.6 Å². The monoisotopic (exact) mass is 951 g/mol. The van der Waals surface area contributed by atoms with Crippen molar-refractivity contribution in [1.29, 1.82) is 0 Å². The largest absolute Gasteiger partial charge is 0.457 e. The van der Waals surface area contributed by atoms with Crippen LogP contribution in [-0.2, 0) is 16.1 Å². The fraction of sp³-hybridized carbons (Fsp3) is 0.519. The molecule has 16 heteroatoms. The van der Waals surface area contributed by atoms with Crippen LogP contribution in [0.15, 0.2) is 72.8 Å². The molecular weight excluding hydrogens is 885 g/mol. The van der Waals surface area contributed by atoms with Crippen LogP contribution in [0.1, 0.15) is 109 Å². The molecule has 70 heavy (non-hydrogen) atoms. The summed E-state index contributed by atoms with van der Waals surface area (Å²) in [6, 6.07) is 23.7.